The Morgan fingerprint density at radius 2 is 2.33 bits per heavy atom. The molecule has 1 aliphatic rings. The summed E-state index contributed by atoms with van der Waals surface area (Å²) in [6.07, 6.45) is 2.58. The van der Waals surface area contributed by atoms with Gasteiger partial charge >= 0.3 is 0 Å². The van der Waals surface area contributed by atoms with Gasteiger partial charge < -0.3 is 20.3 Å². The van der Waals surface area contributed by atoms with Crippen LogP contribution >= 0.6 is 12.2 Å². The van der Waals surface area contributed by atoms with Gasteiger partial charge in [0, 0.05) is 37.8 Å². The summed E-state index contributed by atoms with van der Waals surface area (Å²) in [6, 6.07) is 7.60. The second-order valence-electron chi connectivity index (χ2n) is 4.95. The lowest BCUT2D eigenvalue weighted by molar-refractivity contribution is -0.127. The highest BCUT2D eigenvalue weighted by atomic mass is 32.1. The van der Waals surface area contributed by atoms with E-state index in [-0.39, 0.29) is 5.91 Å². The highest BCUT2D eigenvalue weighted by Gasteiger charge is 2.18. The van der Waals surface area contributed by atoms with E-state index in [9.17, 15) is 4.79 Å². The summed E-state index contributed by atoms with van der Waals surface area (Å²) in [5.74, 6) is 1.06. The average molecular weight is 307 g/mol. The third-order valence-corrected chi connectivity index (χ3v) is 3.64. The number of amides is 1. The van der Waals surface area contributed by atoms with Gasteiger partial charge in [0.2, 0.25) is 5.91 Å². The highest BCUT2D eigenvalue weighted by molar-refractivity contribution is 7.80. The molecule has 5 nitrogen and oxygen atoms in total. The lowest BCUT2D eigenvalue weighted by Gasteiger charge is -2.16. The predicted octanol–water partition coefficient (Wildman–Crippen LogP) is 1.99. The molecule has 1 amide bonds. The van der Waals surface area contributed by atoms with Crippen LogP contribution < -0.4 is 15.4 Å². The first-order chi connectivity index (χ1) is 10.2. The van der Waals surface area contributed by atoms with Gasteiger partial charge in [0.25, 0.3) is 0 Å². The molecule has 0 saturated carbocycles. The Morgan fingerprint density at radius 1 is 1.48 bits per heavy atom. The smallest absolute Gasteiger partial charge is 0.222 e. The van der Waals surface area contributed by atoms with Crippen molar-refractivity contribution in [2.45, 2.75) is 19.3 Å². The van der Waals surface area contributed by atoms with Crippen molar-refractivity contribution in [3.05, 3.63) is 24.3 Å². The Labute approximate surface area is 130 Å². The number of ether oxygens (including phenoxy) is 1. The lowest BCUT2D eigenvalue weighted by atomic mass is 10.3. The van der Waals surface area contributed by atoms with E-state index in [1.54, 1.807) is 7.11 Å². The molecule has 21 heavy (non-hydrogen) atoms. The number of hydrogen-bond donors (Lipinski definition) is 2. The van der Waals surface area contributed by atoms with E-state index in [2.05, 4.69) is 10.6 Å². The molecule has 1 heterocycles. The van der Waals surface area contributed by atoms with E-state index in [1.165, 1.54) is 0 Å². The number of hydrogen-bond acceptors (Lipinski definition) is 3. The quantitative estimate of drug-likeness (QED) is 0.622. The highest BCUT2D eigenvalue weighted by Crippen LogP contribution is 2.16. The normalized spacial score (nSPS) is 14.1. The van der Waals surface area contributed by atoms with E-state index in [0.717, 1.165) is 43.9 Å². The third kappa shape index (κ3) is 4.90. The molecule has 0 bridgehead atoms. The van der Waals surface area contributed by atoms with Crippen LogP contribution in [0.4, 0.5) is 5.69 Å². The Balaban J connectivity index is 1.66. The SMILES string of the molecule is COc1cccc(NC(=S)NCCCN2CCCC2=O)c1. The molecule has 2 rings (SSSR count). The first kappa shape index (κ1) is 15.6. The molecular formula is C15H21N3O2S. The maximum atomic E-state index is 11.5. The fourth-order valence-corrected chi connectivity index (χ4v) is 2.51. The largest absolute Gasteiger partial charge is 0.497 e. The number of methoxy groups -OCH3 is 1. The van der Waals surface area contributed by atoms with Crippen LogP contribution in [0.25, 0.3) is 0 Å². The van der Waals surface area contributed by atoms with Gasteiger partial charge in [0.05, 0.1) is 7.11 Å². The second-order valence-corrected chi connectivity index (χ2v) is 5.36. The van der Waals surface area contributed by atoms with Gasteiger partial charge in [0.15, 0.2) is 5.11 Å². The summed E-state index contributed by atoms with van der Waals surface area (Å²) >= 11 is 5.24. The average Bonchev–Trinajstić information content (AvgIpc) is 2.89. The molecule has 114 valence electrons. The number of benzene rings is 1. The summed E-state index contributed by atoms with van der Waals surface area (Å²) in [6.45, 7) is 2.44. The van der Waals surface area contributed by atoms with Gasteiger partial charge in [-0.3, -0.25) is 4.79 Å². The molecule has 0 aliphatic carbocycles. The number of carbonyl (C=O) groups excluding carboxylic acids is 1. The molecule has 1 saturated heterocycles. The number of rotatable bonds is 6. The van der Waals surface area contributed by atoms with Crippen LogP contribution in [-0.2, 0) is 4.79 Å². The van der Waals surface area contributed by atoms with Gasteiger partial charge in [-0.2, -0.15) is 0 Å². The van der Waals surface area contributed by atoms with Crippen molar-refractivity contribution >= 4 is 28.9 Å². The minimum Gasteiger partial charge on any atom is -0.497 e. The van der Waals surface area contributed by atoms with Crippen molar-refractivity contribution in [3.63, 3.8) is 0 Å². The summed E-state index contributed by atoms with van der Waals surface area (Å²) < 4.78 is 5.16. The van der Waals surface area contributed by atoms with Gasteiger partial charge in [-0.1, -0.05) is 6.07 Å². The van der Waals surface area contributed by atoms with E-state index in [0.29, 0.717) is 11.5 Å². The number of likely N-dealkylation sites (tertiary alicyclic amines) is 1. The third-order valence-electron chi connectivity index (χ3n) is 3.39. The standard InChI is InChI=1S/C15H21N3O2S/c1-20-13-6-2-5-12(11-13)17-15(21)16-8-4-10-18-9-3-7-14(18)19/h2,5-6,11H,3-4,7-10H2,1H3,(H2,16,17,21). The zero-order chi connectivity index (χ0) is 15.1. The Morgan fingerprint density at radius 3 is 3.05 bits per heavy atom. The van der Waals surface area contributed by atoms with Crippen LogP contribution in [0.1, 0.15) is 19.3 Å². The number of nitrogens with zero attached hydrogens (tertiary/aromatic N) is 1. The van der Waals surface area contributed by atoms with Crippen LogP contribution in [0.3, 0.4) is 0 Å². The van der Waals surface area contributed by atoms with Crippen LogP contribution in [0.15, 0.2) is 24.3 Å². The second kappa shape index (κ2) is 7.83. The van der Waals surface area contributed by atoms with Gasteiger partial charge in [-0.05, 0) is 37.2 Å². The van der Waals surface area contributed by atoms with Crippen molar-refractivity contribution in [2.24, 2.45) is 0 Å². The Bertz CT molecular complexity index is 507. The first-order valence-electron chi connectivity index (χ1n) is 7.16. The molecule has 0 aromatic heterocycles. The molecule has 0 radical (unpaired) electrons. The monoisotopic (exact) mass is 307 g/mol. The van der Waals surface area contributed by atoms with Crippen molar-refractivity contribution in [2.75, 3.05) is 32.1 Å². The number of thiocarbonyl (C=S) groups is 1. The van der Waals surface area contributed by atoms with Crippen molar-refractivity contribution in [3.8, 4) is 5.75 Å². The van der Waals surface area contributed by atoms with Gasteiger partial charge in [0.1, 0.15) is 5.75 Å². The molecule has 0 atom stereocenters. The zero-order valence-electron chi connectivity index (χ0n) is 12.2. The molecule has 1 fully saturated rings. The van der Waals surface area contributed by atoms with Gasteiger partial charge in [-0.25, -0.2) is 0 Å². The molecule has 0 unspecified atom stereocenters. The molecule has 1 aromatic rings. The van der Waals surface area contributed by atoms with Gasteiger partial charge in [-0.15, -0.1) is 0 Å². The molecule has 1 aliphatic heterocycles. The maximum Gasteiger partial charge on any atom is 0.222 e. The van der Waals surface area contributed by atoms with E-state index >= 15 is 0 Å². The summed E-state index contributed by atoms with van der Waals surface area (Å²) in [7, 11) is 1.63. The fraction of sp³-hybridized carbons (Fsp3) is 0.467. The zero-order valence-corrected chi connectivity index (χ0v) is 13.0. The molecule has 2 N–H and O–H groups in total. The molecule has 0 spiro atoms. The van der Waals surface area contributed by atoms with E-state index in [4.69, 9.17) is 17.0 Å². The molecule has 1 aromatic carbocycles. The van der Waals surface area contributed by atoms with Crippen molar-refractivity contribution in [1.29, 1.82) is 0 Å². The number of anilines is 1. The Kier molecular flexibility index (Phi) is 5.80. The fourth-order valence-electron chi connectivity index (χ4n) is 2.29. The van der Waals surface area contributed by atoms with Crippen LogP contribution in [-0.4, -0.2) is 42.7 Å². The molecular weight excluding hydrogens is 286 g/mol. The topological polar surface area (TPSA) is 53.6 Å². The Hall–Kier alpha value is -1.82. The summed E-state index contributed by atoms with van der Waals surface area (Å²) in [5.41, 5.74) is 0.890. The predicted molar refractivity (Wildman–Crippen MR) is 87.6 cm³/mol. The number of nitrogens with one attached hydrogen (secondary N) is 2. The van der Waals surface area contributed by atoms with Crippen molar-refractivity contribution in [1.82, 2.24) is 10.2 Å². The van der Waals surface area contributed by atoms with E-state index in [1.807, 2.05) is 29.2 Å². The summed E-state index contributed by atoms with van der Waals surface area (Å²) in [5, 5.41) is 6.84. The summed E-state index contributed by atoms with van der Waals surface area (Å²) in [4.78, 5) is 13.4. The van der Waals surface area contributed by atoms with Crippen LogP contribution in [0.5, 0.6) is 5.75 Å². The van der Waals surface area contributed by atoms with Crippen molar-refractivity contribution < 1.29 is 9.53 Å². The molecule has 6 heteroatoms. The van der Waals surface area contributed by atoms with Crippen LogP contribution in [0, 0.1) is 0 Å². The maximum absolute atomic E-state index is 11.5. The van der Waals surface area contributed by atoms with Crippen LogP contribution in [0.2, 0.25) is 0 Å². The minimum atomic E-state index is 0.270. The van der Waals surface area contributed by atoms with E-state index < -0.39 is 0 Å². The minimum absolute atomic E-state index is 0.270. The number of carbonyl (C=O) groups is 1. The lowest BCUT2D eigenvalue weighted by Crippen LogP contribution is -2.32. The first-order valence-corrected chi connectivity index (χ1v) is 7.56.